The number of hydrogen-bond acceptors (Lipinski definition) is 3. The number of carboxylic acid groups (broad SMARTS) is 1. The van der Waals surface area contributed by atoms with Crippen LogP contribution < -0.4 is 10.6 Å². The number of carboxylic acids is 1. The molecule has 19 heavy (non-hydrogen) atoms. The van der Waals surface area contributed by atoms with Crippen LogP contribution in [-0.2, 0) is 4.79 Å². The first-order valence-electron chi connectivity index (χ1n) is 5.90. The zero-order valence-electron chi connectivity index (χ0n) is 10.7. The van der Waals surface area contributed by atoms with E-state index in [1.807, 2.05) is 0 Å². The van der Waals surface area contributed by atoms with E-state index in [-0.39, 0.29) is 30.0 Å². The van der Waals surface area contributed by atoms with Crippen LogP contribution in [0.15, 0.2) is 0 Å². The first-order valence-corrected chi connectivity index (χ1v) is 5.90. The van der Waals surface area contributed by atoms with Crippen LogP contribution in [0.3, 0.4) is 0 Å². The maximum absolute atomic E-state index is 12.1. The zero-order valence-corrected chi connectivity index (χ0v) is 10.7. The van der Waals surface area contributed by atoms with Gasteiger partial charge in [-0.15, -0.1) is 0 Å². The molecule has 1 aliphatic heterocycles. The van der Waals surface area contributed by atoms with Gasteiger partial charge in [0.25, 0.3) is 5.91 Å². The molecule has 1 aromatic rings. The molecule has 7 heteroatoms. The Morgan fingerprint density at radius 1 is 1.37 bits per heavy atom. The molecule has 2 rings (SSSR count). The van der Waals surface area contributed by atoms with Crippen LogP contribution in [0, 0.1) is 13.8 Å². The smallest absolute Gasteiger partial charge is 0.352 e. The van der Waals surface area contributed by atoms with Crippen molar-refractivity contribution < 1.29 is 19.5 Å². The summed E-state index contributed by atoms with van der Waals surface area (Å²) in [5.41, 5.74) is 1.25. The van der Waals surface area contributed by atoms with E-state index in [4.69, 9.17) is 5.11 Å². The number of rotatable bonds is 3. The lowest BCUT2D eigenvalue weighted by Gasteiger charge is -2.10. The fraction of sp³-hybridized carbons (Fsp3) is 0.417. The number of carbonyl (C=O) groups excluding carboxylic acids is 2. The van der Waals surface area contributed by atoms with E-state index in [2.05, 4.69) is 15.6 Å². The average molecular weight is 265 g/mol. The molecule has 1 saturated heterocycles. The van der Waals surface area contributed by atoms with Gasteiger partial charge in [-0.25, -0.2) is 4.79 Å². The van der Waals surface area contributed by atoms with E-state index in [0.717, 1.165) is 0 Å². The van der Waals surface area contributed by atoms with Crippen molar-refractivity contribution in [3.05, 3.63) is 22.5 Å². The van der Waals surface area contributed by atoms with Crippen LogP contribution in [0.4, 0.5) is 0 Å². The van der Waals surface area contributed by atoms with Crippen LogP contribution in [0.1, 0.15) is 38.5 Å². The van der Waals surface area contributed by atoms with E-state index < -0.39 is 5.97 Å². The highest BCUT2D eigenvalue weighted by atomic mass is 16.4. The predicted octanol–water partition coefficient (Wildman–Crippen LogP) is -0.0520. The summed E-state index contributed by atoms with van der Waals surface area (Å²) in [5, 5.41) is 14.3. The van der Waals surface area contributed by atoms with Crippen molar-refractivity contribution in [2.45, 2.75) is 26.3 Å². The van der Waals surface area contributed by atoms with Crippen LogP contribution in [0.25, 0.3) is 0 Å². The van der Waals surface area contributed by atoms with Gasteiger partial charge in [-0.2, -0.15) is 0 Å². The standard InChI is InChI=1S/C12H15N3O4/c1-5-9(6(2)14-10(5)12(18)19)11(17)15-7-3-8(16)13-4-7/h7,14H,3-4H2,1-2H3,(H,13,16)(H,15,17)(H,18,19). The number of aromatic amines is 1. The summed E-state index contributed by atoms with van der Waals surface area (Å²) in [7, 11) is 0. The van der Waals surface area contributed by atoms with Crippen LogP contribution in [0.5, 0.6) is 0 Å². The average Bonchev–Trinajstić information content (AvgIpc) is 2.83. The summed E-state index contributed by atoms with van der Waals surface area (Å²) in [5.74, 6) is -1.56. The lowest BCUT2D eigenvalue weighted by atomic mass is 10.1. The molecule has 0 radical (unpaired) electrons. The van der Waals surface area contributed by atoms with Crippen molar-refractivity contribution in [3.8, 4) is 0 Å². The van der Waals surface area contributed by atoms with Crippen molar-refractivity contribution in [3.63, 3.8) is 0 Å². The molecule has 0 saturated carbocycles. The van der Waals surface area contributed by atoms with Gasteiger partial charge in [0.05, 0.1) is 11.6 Å². The molecule has 4 N–H and O–H groups in total. The molecule has 2 amide bonds. The number of aromatic nitrogens is 1. The molecule has 7 nitrogen and oxygen atoms in total. The molecule has 102 valence electrons. The first kappa shape index (κ1) is 13.1. The number of nitrogens with one attached hydrogen (secondary N) is 3. The summed E-state index contributed by atoms with van der Waals surface area (Å²) in [6.45, 7) is 3.63. The fourth-order valence-electron chi connectivity index (χ4n) is 2.27. The molecule has 0 bridgehead atoms. The number of carbonyl (C=O) groups is 3. The minimum Gasteiger partial charge on any atom is -0.477 e. The number of amides is 2. The maximum Gasteiger partial charge on any atom is 0.352 e. The molecule has 1 atom stereocenters. The summed E-state index contributed by atoms with van der Waals surface area (Å²) in [6.07, 6.45) is 0.250. The molecule has 0 aliphatic carbocycles. The van der Waals surface area contributed by atoms with E-state index in [1.54, 1.807) is 13.8 Å². The normalized spacial score (nSPS) is 18.2. The highest BCUT2D eigenvalue weighted by molar-refractivity contribution is 6.01. The zero-order chi connectivity index (χ0) is 14.2. The second kappa shape index (κ2) is 4.75. The van der Waals surface area contributed by atoms with Crippen LogP contribution >= 0.6 is 0 Å². The second-order valence-corrected chi connectivity index (χ2v) is 4.61. The van der Waals surface area contributed by atoms with Crippen molar-refractivity contribution in [1.29, 1.82) is 0 Å². The Bertz CT molecular complexity index is 562. The Hall–Kier alpha value is -2.31. The Labute approximate surface area is 109 Å². The molecular formula is C12H15N3O4. The van der Waals surface area contributed by atoms with Gasteiger partial charge >= 0.3 is 5.97 Å². The third-order valence-electron chi connectivity index (χ3n) is 3.19. The number of aryl methyl sites for hydroxylation is 1. The summed E-state index contributed by atoms with van der Waals surface area (Å²) < 4.78 is 0. The highest BCUT2D eigenvalue weighted by Gasteiger charge is 2.26. The fourth-order valence-corrected chi connectivity index (χ4v) is 2.27. The van der Waals surface area contributed by atoms with E-state index >= 15 is 0 Å². The molecule has 1 fully saturated rings. The van der Waals surface area contributed by atoms with Gasteiger partial charge in [0.1, 0.15) is 5.69 Å². The first-order chi connectivity index (χ1) is 8.90. The molecular weight excluding hydrogens is 250 g/mol. The number of H-pyrrole nitrogens is 1. The Kier molecular flexibility index (Phi) is 3.28. The molecule has 2 heterocycles. The minimum atomic E-state index is -1.10. The van der Waals surface area contributed by atoms with Crippen molar-refractivity contribution in [2.24, 2.45) is 0 Å². The van der Waals surface area contributed by atoms with Crippen LogP contribution in [-0.4, -0.2) is 40.5 Å². The van der Waals surface area contributed by atoms with Crippen molar-refractivity contribution >= 4 is 17.8 Å². The Morgan fingerprint density at radius 3 is 2.53 bits per heavy atom. The summed E-state index contributed by atoms with van der Waals surface area (Å²) >= 11 is 0. The van der Waals surface area contributed by atoms with Gasteiger partial charge < -0.3 is 20.7 Å². The SMILES string of the molecule is Cc1[nH]c(C(=O)O)c(C)c1C(=O)NC1CNC(=O)C1. The minimum absolute atomic E-state index is 0.0169. The number of hydrogen-bond donors (Lipinski definition) is 4. The van der Waals surface area contributed by atoms with Gasteiger partial charge in [-0.1, -0.05) is 0 Å². The molecule has 1 unspecified atom stereocenters. The summed E-state index contributed by atoms with van der Waals surface area (Å²) in [4.78, 5) is 36.8. The van der Waals surface area contributed by atoms with Gasteiger partial charge in [-0.05, 0) is 19.4 Å². The largest absolute Gasteiger partial charge is 0.477 e. The summed E-state index contributed by atoms with van der Waals surface area (Å²) in [6, 6.07) is -0.248. The third kappa shape index (κ3) is 2.44. The van der Waals surface area contributed by atoms with Gasteiger partial charge in [-0.3, -0.25) is 9.59 Å². The lowest BCUT2D eigenvalue weighted by Crippen LogP contribution is -2.36. The van der Waals surface area contributed by atoms with Crippen LogP contribution in [0.2, 0.25) is 0 Å². The molecule has 1 aliphatic rings. The number of aromatic carboxylic acids is 1. The molecule has 0 spiro atoms. The third-order valence-corrected chi connectivity index (χ3v) is 3.19. The highest BCUT2D eigenvalue weighted by Crippen LogP contribution is 2.18. The van der Waals surface area contributed by atoms with Crippen molar-refractivity contribution in [2.75, 3.05) is 6.54 Å². The second-order valence-electron chi connectivity index (χ2n) is 4.61. The molecule has 0 aromatic carbocycles. The van der Waals surface area contributed by atoms with E-state index in [1.165, 1.54) is 0 Å². The van der Waals surface area contributed by atoms with Gasteiger partial charge in [0.15, 0.2) is 0 Å². The van der Waals surface area contributed by atoms with Gasteiger partial charge in [0, 0.05) is 18.7 Å². The maximum atomic E-state index is 12.1. The van der Waals surface area contributed by atoms with Gasteiger partial charge in [0.2, 0.25) is 5.91 Å². The van der Waals surface area contributed by atoms with E-state index in [9.17, 15) is 14.4 Å². The molecule has 1 aromatic heterocycles. The lowest BCUT2D eigenvalue weighted by molar-refractivity contribution is -0.119. The van der Waals surface area contributed by atoms with E-state index in [0.29, 0.717) is 23.4 Å². The topological polar surface area (TPSA) is 111 Å². The monoisotopic (exact) mass is 265 g/mol. The van der Waals surface area contributed by atoms with Crippen molar-refractivity contribution in [1.82, 2.24) is 15.6 Å². The predicted molar refractivity (Wildman–Crippen MR) is 66.1 cm³/mol. The Balaban J connectivity index is 2.19. The quantitative estimate of drug-likeness (QED) is 0.613. The Morgan fingerprint density at radius 2 is 2.05 bits per heavy atom.